The Morgan fingerprint density at radius 1 is 1.15 bits per heavy atom. The Labute approximate surface area is 124 Å². The molecule has 0 aromatic carbocycles. The standard InChI is InChI=1S/C7H13F2N.C5H9N.C4H10/c1-2-10-5-6-3-7(8,9)4-6;1-3-5-6-4-2;1-4(2)3/h6,10H,2-5H2,1H3;1,6H,4-5H2,2H3;4H,1-3H3. The summed E-state index contributed by atoms with van der Waals surface area (Å²) in [5, 5.41) is 6.02. The number of hydrogen-bond acceptors (Lipinski definition) is 2. The van der Waals surface area contributed by atoms with Crippen LogP contribution in [0.2, 0.25) is 0 Å². The third-order valence-electron chi connectivity index (χ3n) is 2.33. The lowest BCUT2D eigenvalue weighted by molar-refractivity contribution is -0.109. The van der Waals surface area contributed by atoms with Gasteiger partial charge in [0.25, 0.3) is 0 Å². The smallest absolute Gasteiger partial charge is 0.248 e. The van der Waals surface area contributed by atoms with E-state index in [1.54, 1.807) is 0 Å². The van der Waals surface area contributed by atoms with Crippen molar-refractivity contribution in [1.82, 2.24) is 10.6 Å². The highest BCUT2D eigenvalue weighted by molar-refractivity contribution is 4.87. The Balaban J connectivity index is 0. The van der Waals surface area contributed by atoms with Crippen molar-refractivity contribution < 1.29 is 8.78 Å². The largest absolute Gasteiger partial charge is 0.317 e. The fraction of sp³-hybridized carbons (Fsp3) is 0.875. The lowest BCUT2D eigenvalue weighted by atomic mass is 9.81. The second-order valence-corrected chi connectivity index (χ2v) is 5.65. The van der Waals surface area contributed by atoms with Crippen molar-refractivity contribution in [3.8, 4) is 12.3 Å². The van der Waals surface area contributed by atoms with Gasteiger partial charge in [-0.25, -0.2) is 8.78 Å². The molecule has 0 amide bonds. The minimum atomic E-state index is -2.35. The monoisotopic (exact) mass is 290 g/mol. The lowest BCUT2D eigenvalue weighted by Crippen LogP contribution is -2.40. The summed E-state index contributed by atoms with van der Waals surface area (Å²) in [7, 11) is 0. The van der Waals surface area contributed by atoms with Crippen LogP contribution in [0.4, 0.5) is 8.78 Å². The average Bonchev–Trinajstić information content (AvgIpc) is 2.31. The summed E-state index contributed by atoms with van der Waals surface area (Å²) in [5.74, 6) is 1.16. The second kappa shape index (κ2) is 13.3. The molecule has 0 heterocycles. The minimum absolute atomic E-state index is 0.0833. The number of nitrogens with one attached hydrogen (secondary N) is 2. The van der Waals surface area contributed by atoms with E-state index in [4.69, 9.17) is 6.42 Å². The molecule has 0 unspecified atom stereocenters. The van der Waals surface area contributed by atoms with Crippen molar-refractivity contribution in [2.45, 2.75) is 53.4 Å². The first-order chi connectivity index (χ1) is 9.29. The summed E-state index contributed by atoms with van der Waals surface area (Å²) in [4.78, 5) is 0. The molecule has 20 heavy (non-hydrogen) atoms. The van der Waals surface area contributed by atoms with Crippen LogP contribution in [-0.4, -0.2) is 32.1 Å². The molecule has 0 spiro atoms. The molecule has 0 saturated heterocycles. The summed E-state index contributed by atoms with van der Waals surface area (Å²) >= 11 is 0. The third-order valence-corrected chi connectivity index (χ3v) is 2.33. The molecule has 0 aromatic heterocycles. The Bertz CT molecular complexity index is 237. The first kappa shape index (κ1) is 21.6. The number of halogens is 2. The molecule has 2 nitrogen and oxygen atoms in total. The maximum Gasteiger partial charge on any atom is 0.248 e. The molecule has 120 valence electrons. The zero-order valence-corrected chi connectivity index (χ0v) is 13.7. The van der Waals surface area contributed by atoms with Crippen LogP contribution in [0.1, 0.15) is 47.5 Å². The highest BCUT2D eigenvalue weighted by Crippen LogP contribution is 2.41. The van der Waals surface area contributed by atoms with Gasteiger partial charge in [0.15, 0.2) is 0 Å². The maximum absolute atomic E-state index is 12.2. The Hall–Kier alpha value is -0.660. The van der Waals surface area contributed by atoms with Gasteiger partial charge < -0.3 is 10.6 Å². The fourth-order valence-electron chi connectivity index (χ4n) is 1.47. The number of alkyl halides is 2. The zero-order chi connectivity index (χ0) is 16.0. The summed E-state index contributed by atoms with van der Waals surface area (Å²) in [6, 6.07) is 0. The van der Waals surface area contributed by atoms with Crippen LogP contribution in [0.3, 0.4) is 0 Å². The van der Waals surface area contributed by atoms with Gasteiger partial charge in [0.2, 0.25) is 5.92 Å². The van der Waals surface area contributed by atoms with Gasteiger partial charge in [-0.3, -0.25) is 0 Å². The van der Waals surface area contributed by atoms with Gasteiger partial charge in [-0.15, -0.1) is 6.42 Å². The van der Waals surface area contributed by atoms with E-state index in [0.717, 1.165) is 25.6 Å². The van der Waals surface area contributed by atoms with Gasteiger partial charge in [-0.2, -0.15) is 0 Å². The van der Waals surface area contributed by atoms with E-state index in [0.29, 0.717) is 6.54 Å². The van der Waals surface area contributed by atoms with Crippen LogP contribution in [-0.2, 0) is 0 Å². The van der Waals surface area contributed by atoms with Gasteiger partial charge in [0.05, 0.1) is 6.54 Å². The second-order valence-electron chi connectivity index (χ2n) is 5.65. The molecule has 1 aliphatic carbocycles. The number of rotatable bonds is 5. The first-order valence-corrected chi connectivity index (χ1v) is 7.51. The summed E-state index contributed by atoms with van der Waals surface area (Å²) in [6.45, 7) is 13.8. The topological polar surface area (TPSA) is 24.1 Å². The van der Waals surface area contributed by atoms with E-state index in [-0.39, 0.29) is 18.8 Å². The molecule has 0 bridgehead atoms. The van der Waals surface area contributed by atoms with Gasteiger partial charge >= 0.3 is 0 Å². The summed E-state index contributed by atoms with van der Waals surface area (Å²) < 4.78 is 24.4. The van der Waals surface area contributed by atoms with Gasteiger partial charge in [-0.1, -0.05) is 40.5 Å². The van der Waals surface area contributed by atoms with Crippen LogP contribution in [0, 0.1) is 24.2 Å². The molecule has 0 atom stereocenters. The van der Waals surface area contributed by atoms with Gasteiger partial charge in [-0.05, 0) is 31.5 Å². The van der Waals surface area contributed by atoms with Gasteiger partial charge in [0.1, 0.15) is 0 Å². The predicted octanol–water partition coefficient (Wildman–Crippen LogP) is 3.53. The van der Waals surface area contributed by atoms with E-state index >= 15 is 0 Å². The van der Waals surface area contributed by atoms with E-state index < -0.39 is 5.92 Å². The van der Waals surface area contributed by atoms with E-state index in [2.05, 4.69) is 37.3 Å². The van der Waals surface area contributed by atoms with Crippen molar-refractivity contribution in [2.24, 2.45) is 11.8 Å². The van der Waals surface area contributed by atoms with Crippen LogP contribution >= 0.6 is 0 Å². The van der Waals surface area contributed by atoms with Crippen LogP contribution in [0.25, 0.3) is 0 Å². The Morgan fingerprint density at radius 2 is 1.60 bits per heavy atom. The van der Waals surface area contributed by atoms with E-state index in [9.17, 15) is 8.78 Å². The normalized spacial score (nSPS) is 16.1. The Morgan fingerprint density at radius 3 is 1.85 bits per heavy atom. The molecule has 1 aliphatic rings. The predicted molar refractivity (Wildman–Crippen MR) is 84.1 cm³/mol. The summed E-state index contributed by atoms with van der Waals surface area (Å²) in [6.07, 6.45) is 5.07. The maximum atomic E-state index is 12.2. The van der Waals surface area contributed by atoms with Crippen LogP contribution in [0.15, 0.2) is 0 Å². The fourth-order valence-corrected chi connectivity index (χ4v) is 1.47. The lowest BCUT2D eigenvalue weighted by Gasteiger charge is -2.34. The molecule has 4 heteroatoms. The third kappa shape index (κ3) is 17.3. The molecule has 1 fully saturated rings. The van der Waals surface area contributed by atoms with Crippen molar-refractivity contribution in [1.29, 1.82) is 0 Å². The first-order valence-electron chi connectivity index (χ1n) is 7.51. The molecule has 1 saturated carbocycles. The van der Waals surface area contributed by atoms with Crippen molar-refractivity contribution >= 4 is 0 Å². The molecule has 1 rings (SSSR count). The molecule has 0 aliphatic heterocycles. The molecular weight excluding hydrogens is 258 g/mol. The quantitative estimate of drug-likeness (QED) is 0.598. The highest BCUT2D eigenvalue weighted by Gasteiger charge is 2.44. The van der Waals surface area contributed by atoms with E-state index in [1.165, 1.54) is 0 Å². The number of terminal acetylenes is 1. The average molecular weight is 290 g/mol. The number of hydrogen-bond donors (Lipinski definition) is 2. The van der Waals surface area contributed by atoms with Crippen molar-refractivity contribution in [2.75, 3.05) is 26.2 Å². The Kier molecular flexibility index (Phi) is 14.4. The zero-order valence-electron chi connectivity index (χ0n) is 13.7. The molecule has 0 radical (unpaired) electrons. The SMILES string of the molecule is C#CCNCC.CC(C)C.CCNCC1CC(F)(F)C1. The van der Waals surface area contributed by atoms with E-state index in [1.807, 2.05) is 13.8 Å². The highest BCUT2D eigenvalue weighted by atomic mass is 19.3. The summed E-state index contributed by atoms with van der Waals surface area (Å²) in [5.41, 5.74) is 0. The van der Waals surface area contributed by atoms with Crippen molar-refractivity contribution in [3.63, 3.8) is 0 Å². The van der Waals surface area contributed by atoms with Gasteiger partial charge in [0, 0.05) is 12.8 Å². The molecular formula is C16H32F2N2. The van der Waals surface area contributed by atoms with Crippen LogP contribution < -0.4 is 10.6 Å². The van der Waals surface area contributed by atoms with Crippen molar-refractivity contribution in [3.05, 3.63) is 0 Å². The molecule has 2 N–H and O–H groups in total. The minimum Gasteiger partial charge on any atom is -0.317 e. The molecule has 0 aromatic rings. The van der Waals surface area contributed by atoms with Crippen LogP contribution in [0.5, 0.6) is 0 Å².